The third-order valence-electron chi connectivity index (χ3n) is 10.4. The zero-order valence-electron chi connectivity index (χ0n) is 36.3. The van der Waals surface area contributed by atoms with Crippen LogP contribution in [0.5, 0.6) is 0 Å². The van der Waals surface area contributed by atoms with Crippen LogP contribution in [0.25, 0.3) is 0 Å². The molecule has 6 heteroatoms. The number of unbranched alkanes of at least 4 members (excludes halogenated alkanes) is 23. The van der Waals surface area contributed by atoms with Crippen molar-refractivity contribution in [3.63, 3.8) is 0 Å². The van der Waals surface area contributed by atoms with E-state index in [0.29, 0.717) is 19.3 Å². The molecule has 0 heterocycles. The van der Waals surface area contributed by atoms with Crippen molar-refractivity contribution in [1.82, 2.24) is 0 Å². The molecule has 0 aliphatic heterocycles. The first-order valence-corrected chi connectivity index (χ1v) is 23.1. The summed E-state index contributed by atoms with van der Waals surface area (Å²) in [7, 11) is 0. The van der Waals surface area contributed by atoms with Gasteiger partial charge in [-0.3, -0.25) is 14.4 Å². The third-order valence-corrected chi connectivity index (χ3v) is 10.4. The Morgan fingerprint density at radius 1 is 0.321 bits per heavy atom. The van der Waals surface area contributed by atoms with Crippen LogP contribution in [-0.4, -0.2) is 37.2 Å². The van der Waals surface area contributed by atoms with Gasteiger partial charge in [-0.1, -0.05) is 208 Å². The van der Waals surface area contributed by atoms with Gasteiger partial charge in [-0.15, -0.1) is 0 Å². The molecule has 0 bridgehead atoms. The summed E-state index contributed by atoms with van der Waals surface area (Å²) in [6, 6.07) is 0. The number of rotatable bonds is 40. The van der Waals surface area contributed by atoms with Crippen molar-refractivity contribution in [2.45, 2.75) is 253 Å². The minimum Gasteiger partial charge on any atom is -0.462 e. The molecule has 0 aromatic rings. The van der Waals surface area contributed by atoms with Crippen LogP contribution >= 0.6 is 0 Å². The highest BCUT2D eigenvalue weighted by molar-refractivity contribution is 5.71. The molecule has 53 heavy (non-hydrogen) atoms. The van der Waals surface area contributed by atoms with E-state index in [2.05, 4.69) is 41.5 Å². The fourth-order valence-electron chi connectivity index (χ4n) is 6.88. The van der Waals surface area contributed by atoms with Crippen LogP contribution in [-0.2, 0) is 28.6 Å². The van der Waals surface area contributed by atoms with Crippen molar-refractivity contribution < 1.29 is 28.6 Å². The van der Waals surface area contributed by atoms with E-state index in [9.17, 15) is 14.4 Å². The van der Waals surface area contributed by atoms with E-state index >= 15 is 0 Å². The lowest BCUT2D eigenvalue weighted by Crippen LogP contribution is -2.30. The average Bonchev–Trinajstić information content (AvgIpc) is 3.11. The fourth-order valence-corrected chi connectivity index (χ4v) is 6.88. The smallest absolute Gasteiger partial charge is 0.306 e. The van der Waals surface area contributed by atoms with Gasteiger partial charge in [0.2, 0.25) is 0 Å². The first-order valence-electron chi connectivity index (χ1n) is 23.1. The molecule has 0 saturated carbocycles. The minimum absolute atomic E-state index is 0.0669. The lowest BCUT2D eigenvalue weighted by molar-refractivity contribution is -0.167. The van der Waals surface area contributed by atoms with Gasteiger partial charge in [-0.25, -0.2) is 0 Å². The zero-order chi connectivity index (χ0) is 39.2. The molecule has 0 aliphatic rings. The van der Waals surface area contributed by atoms with Crippen molar-refractivity contribution in [3.05, 3.63) is 0 Å². The Bertz CT molecular complexity index is 822. The molecule has 0 fully saturated rings. The van der Waals surface area contributed by atoms with Crippen LogP contribution in [0.4, 0.5) is 0 Å². The molecule has 6 nitrogen and oxygen atoms in total. The van der Waals surface area contributed by atoms with Crippen LogP contribution in [0.15, 0.2) is 0 Å². The Hall–Kier alpha value is -1.59. The van der Waals surface area contributed by atoms with Crippen LogP contribution in [0.2, 0.25) is 0 Å². The van der Waals surface area contributed by atoms with Gasteiger partial charge < -0.3 is 14.2 Å². The molecule has 0 N–H and O–H groups in total. The van der Waals surface area contributed by atoms with Gasteiger partial charge in [-0.05, 0) is 37.0 Å². The maximum Gasteiger partial charge on any atom is 0.306 e. The number of carbonyl (C=O) groups excluding carboxylic acids is 3. The van der Waals surface area contributed by atoms with Gasteiger partial charge >= 0.3 is 17.9 Å². The fraction of sp³-hybridized carbons (Fsp3) is 0.936. The third kappa shape index (κ3) is 41.4. The van der Waals surface area contributed by atoms with E-state index in [1.165, 1.54) is 128 Å². The predicted octanol–water partition coefficient (Wildman–Crippen LogP) is 14.4. The van der Waals surface area contributed by atoms with E-state index in [4.69, 9.17) is 14.2 Å². The van der Waals surface area contributed by atoms with Crippen LogP contribution in [0.3, 0.4) is 0 Å². The highest BCUT2D eigenvalue weighted by Gasteiger charge is 2.19. The molecule has 314 valence electrons. The average molecular weight is 751 g/mol. The molecular weight excluding hydrogens is 661 g/mol. The van der Waals surface area contributed by atoms with Gasteiger partial charge in [0.25, 0.3) is 0 Å². The quantitative estimate of drug-likeness (QED) is 0.0352. The predicted molar refractivity (Wildman–Crippen MR) is 224 cm³/mol. The summed E-state index contributed by atoms with van der Waals surface area (Å²) in [5.41, 5.74) is 0. The molecular formula is C47H90O6. The molecule has 0 aliphatic carbocycles. The first-order chi connectivity index (χ1) is 25.6. The minimum atomic E-state index is -0.762. The van der Waals surface area contributed by atoms with E-state index < -0.39 is 6.10 Å². The zero-order valence-corrected chi connectivity index (χ0v) is 36.3. The molecule has 0 saturated heterocycles. The standard InChI is InChI=1S/C47H90O6/c1-41(2)33-27-21-15-11-9-7-8-10-12-17-24-30-36-45(48)51-39-44(53-47(50)38-32-26-20-19-23-29-35-43(5)6)40-52-46(49)37-31-25-18-14-13-16-22-28-34-42(3)4/h41-44H,7-40H2,1-6H3/t44-/m1/s1. The van der Waals surface area contributed by atoms with Gasteiger partial charge in [-0.2, -0.15) is 0 Å². The summed E-state index contributed by atoms with van der Waals surface area (Å²) >= 11 is 0. The Morgan fingerprint density at radius 2 is 0.547 bits per heavy atom. The maximum absolute atomic E-state index is 12.7. The van der Waals surface area contributed by atoms with Crippen molar-refractivity contribution in [2.75, 3.05) is 13.2 Å². The van der Waals surface area contributed by atoms with E-state index in [1.54, 1.807) is 0 Å². The van der Waals surface area contributed by atoms with Crippen LogP contribution in [0.1, 0.15) is 247 Å². The number of hydrogen-bond donors (Lipinski definition) is 0. The molecule has 0 amide bonds. The summed E-state index contributed by atoms with van der Waals surface area (Å²) in [4.78, 5) is 37.7. The van der Waals surface area contributed by atoms with Gasteiger partial charge in [0.05, 0.1) is 0 Å². The first kappa shape index (κ1) is 51.4. The Balaban J connectivity index is 4.29. The highest BCUT2D eigenvalue weighted by atomic mass is 16.6. The molecule has 0 spiro atoms. The van der Waals surface area contributed by atoms with Crippen LogP contribution < -0.4 is 0 Å². The number of hydrogen-bond acceptors (Lipinski definition) is 6. The van der Waals surface area contributed by atoms with E-state index in [0.717, 1.165) is 75.5 Å². The summed E-state index contributed by atoms with van der Waals surface area (Å²) < 4.78 is 16.7. The summed E-state index contributed by atoms with van der Waals surface area (Å²) in [6.45, 7) is 13.6. The summed E-state index contributed by atoms with van der Waals surface area (Å²) in [5, 5.41) is 0. The second-order valence-electron chi connectivity index (χ2n) is 17.5. The topological polar surface area (TPSA) is 78.9 Å². The largest absolute Gasteiger partial charge is 0.462 e. The van der Waals surface area contributed by atoms with Crippen molar-refractivity contribution in [1.29, 1.82) is 0 Å². The SMILES string of the molecule is CC(C)CCCCCCCCCCCCCCC(=O)OC[C@H](COC(=O)CCCCCCCCCCC(C)C)OC(=O)CCCCCCCCC(C)C. The second kappa shape index (κ2) is 38.7. The van der Waals surface area contributed by atoms with Crippen molar-refractivity contribution in [3.8, 4) is 0 Å². The van der Waals surface area contributed by atoms with Gasteiger partial charge in [0.15, 0.2) is 6.10 Å². The lowest BCUT2D eigenvalue weighted by Gasteiger charge is -2.18. The molecule has 0 unspecified atom stereocenters. The molecule has 0 rings (SSSR count). The van der Waals surface area contributed by atoms with Crippen molar-refractivity contribution >= 4 is 17.9 Å². The molecule has 0 radical (unpaired) electrons. The van der Waals surface area contributed by atoms with Gasteiger partial charge in [0.1, 0.15) is 13.2 Å². The van der Waals surface area contributed by atoms with E-state index in [1.807, 2.05) is 0 Å². The van der Waals surface area contributed by atoms with E-state index in [-0.39, 0.29) is 31.1 Å². The second-order valence-corrected chi connectivity index (χ2v) is 17.5. The van der Waals surface area contributed by atoms with Crippen molar-refractivity contribution in [2.24, 2.45) is 17.8 Å². The molecule has 1 atom stereocenters. The Kier molecular flexibility index (Phi) is 37.5. The number of ether oxygens (including phenoxy) is 3. The molecule has 0 aromatic carbocycles. The Labute approximate surface area is 329 Å². The Morgan fingerprint density at radius 3 is 0.811 bits per heavy atom. The highest BCUT2D eigenvalue weighted by Crippen LogP contribution is 2.17. The monoisotopic (exact) mass is 751 g/mol. The van der Waals surface area contributed by atoms with Gasteiger partial charge in [0, 0.05) is 19.3 Å². The number of carbonyl (C=O) groups is 3. The molecule has 0 aromatic heterocycles. The summed E-state index contributed by atoms with van der Waals surface area (Å²) in [6.07, 6.45) is 35.4. The lowest BCUT2D eigenvalue weighted by atomic mass is 10.0. The normalized spacial score (nSPS) is 12.2. The van der Waals surface area contributed by atoms with Crippen LogP contribution in [0, 0.1) is 17.8 Å². The number of esters is 3. The summed E-state index contributed by atoms with van der Waals surface area (Å²) in [5.74, 6) is 1.52. The maximum atomic E-state index is 12.7.